The van der Waals surface area contributed by atoms with Crippen LogP contribution in [-0.2, 0) is 13.1 Å². The van der Waals surface area contributed by atoms with Gasteiger partial charge in [-0.2, -0.15) is 5.10 Å². The van der Waals surface area contributed by atoms with Crippen molar-refractivity contribution in [2.75, 3.05) is 0 Å². The molecule has 5 nitrogen and oxygen atoms in total. The summed E-state index contributed by atoms with van der Waals surface area (Å²) in [5.41, 5.74) is 7.96. The molecule has 0 radical (unpaired) electrons. The Kier molecular flexibility index (Phi) is 3.31. The minimum Gasteiger partial charge on any atom is -0.326 e. The average Bonchev–Trinajstić information content (AvgIpc) is 2.85. The first kappa shape index (κ1) is 13.5. The highest BCUT2D eigenvalue weighted by atomic mass is 19.1. The van der Waals surface area contributed by atoms with Gasteiger partial charge in [0.05, 0.1) is 12.2 Å². The Morgan fingerprint density at radius 2 is 2.10 bits per heavy atom. The van der Waals surface area contributed by atoms with Gasteiger partial charge in [-0.1, -0.05) is 6.07 Å². The van der Waals surface area contributed by atoms with E-state index in [2.05, 4.69) is 5.10 Å². The van der Waals surface area contributed by atoms with E-state index in [9.17, 15) is 9.18 Å². The van der Waals surface area contributed by atoms with Crippen molar-refractivity contribution >= 4 is 5.52 Å². The molecule has 0 fully saturated rings. The van der Waals surface area contributed by atoms with Crippen LogP contribution >= 0.6 is 0 Å². The molecule has 2 N–H and O–H groups in total. The predicted molar refractivity (Wildman–Crippen MR) is 77.6 cm³/mol. The molecule has 0 spiro atoms. The minimum absolute atomic E-state index is 0.128. The first-order chi connectivity index (χ1) is 10.1. The van der Waals surface area contributed by atoms with E-state index in [1.54, 1.807) is 39.7 Å². The molecule has 0 aliphatic carbocycles. The molecule has 6 heteroatoms. The SMILES string of the molecule is Cc1cc2c(=O)n(Cc3ccc(F)c(CN)c3)ccn2n1. The summed E-state index contributed by atoms with van der Waals surface area (Å²) in [6.45, 7) is 2.34. The van der Waals surface area contributed by atoms with Crippen molar-refractivity contribution < 1.29 is 4.39 Å². The average molecular weight is 286 g/mol. The fourth-order valence-corrected chi connectivity index (χ4v) is 2.35. The maximum absolute atomic E-state index is 13.4. The number of hydrogen-bond acceptors (Lipinski definition) is 3. The fourth-order valence-electron chi connectivity index (χ4n) is 2.35. The van der Waals surface area contributed by atoms with Crippen LogP contribution in [0, 0.1) is 12.7 Å². The quantitative estimate of drug-likeness (QED) is 0.792. The largest absolute Gasteiger partial charge is 0.326 e. The summed E-state index contributed by atoms with van der Waals surface area (Å²) >= 11 is 0. The van der Waals surface area contributed by atoms with Gasteiger partial charge in [0, 0.05) is 24.5 Å². The number of nitrogens with zero attached hydrogens (tertiary/aromatic N) is 3. The van der Waals surface area contributed by atoms with Crippen LogP contribution in [0.5, 0.6) is 0 Å². The summed E-state index contributed by atoms with van der Waals surface area (Å²) in [6, 6.07) is 6.47. The van der Waals surface area contributed by atoms with E-state index in [-0.39, 0.29) is 17.9 Å². The molecule has 2 aromatic heterocycles. The zero-order valence-electron chi connectivity index (χ0n) is 11.6. The normalized spacial score (nSPS) is 11.2. The lowest BCUT2D eigenvalue weighted by atomic mass is 10.1. The van der Waals surface area contributed by atoms with Crippen LogP contribution in [0.15, 0.2) is 41.5 Å². The van der Waals surface area contributed by atoms with Gasteiger partial charge in [0.1, 0.15) is 11.3 Å². The number of aromatic nitrogens is 3. The molecule has 0 saturated carbocycles. The Balaban J connectivity index is 2.02. The van der Waals surface area contributed by atoms with E-state index in [0.29, 0.717) is 17.6 Å². The predicted octanol–water partition coefficient (Wildman–Crippen LogP) is 1.45. The fraction of sp³-hybridized carbons (Fsp3) is 0.200. The molecular formula is C15H15FN4O. The van der Waals surface area contributed by atoms with Crippen LogP contribution in [0.2, 0.25) is 0 Å². The molecule has 3 rings (SSSR count). The van der Waals surface area contributed by atoms with Crippen LogP contribution in [0.4, 0.5) is 4.39 Å². The molecule has 2 heterocycles. The second kappa shape index (κ2) is 5.14. The number of benzene rings is 1. The molecule has 21 heavy (non-hydrogen) atoms. The summed E-state index contributed by atoms with van der Waals surface area (Å²) < 4.78 is 16.6. The van der Waals surface area contributed by atoms with Gasteiger partial charge in [0.2, 0.25) is 0 Å². The topological polar surface area (TPSA) is 65.3 Å². The smallest absolute Gasteiger partial charge is 0.276 e. The van der Waals surface area contributed by atoms with Gasteiger partial charge in [0.25, 0.3) is 5.56 Å². The first-order valence-corrected chi connectivity index (χ1v) is 6.61. The van der Waals surface area contributed by atoms with Crippen molar-refractivity contribution in [3.8, 4) is 0 Å². The van der Waals surface area contributed by atoms with Gasteiger partial charge >= 0.3 is 0 Å². The van der Waals surface area contributed by atoms with E-state index >= 15 is 0 Å². The van der Waals surface area contributed by atoms with Crippen molar-refractivity contribution in [3.05, 3.63) is 69.7 Å². The Labute approximate surface area is 120 Å². The Morgan fingerprint density at radius 1 is 1.29 bits per heavy atom. The molecule has 0 saturated heterocycles. The summed E-state index contributed by atoms with van der Waals surface area (Å²) in [5.74, 6) is -0.324. The van der Waals surface area contributed by atoms with E-state index < -0.39 is 0 Å². The molecule has 108 valence electrons. The van der Waals surface area contributed by atoms with Crippen molar-refractivity contribution in [3.63, 3.8) is 0 Å². The Hall–Kier alpha value is -2.47. The number of hydrogen-bond donors (Lipinski definition) is 1. The van der Waals surface area contributed by atoms with Gasteiger partial charge in [-0.15, -0.1) is 0 Å². The van der Waals surface area contributed by atoms with Crippen LogP contribution in [0.25, 0.3) is 5.52 Å². The van der Waals surface area contributed by atoms with Crippen molar-refractivity contribution in [2.45, 2.75) is 20.0 Å². The van der Waals surface area contributed by atoms with Crippen molar-refractivity contribution in [1.82, 2.24) is 14.2 Å². The third-order valence-corrected chi connectivity index (χ3v) is 3.41. The maximum Gasteiger partial charge on any atom is 0.276 e. The lowest BCUT2D eigenvalue weighted by Crippen LogP contribution is -2.22. The van der Waals surface area contributed by atoms with Crippen LogP contribution in [-0.4, -0.2) is 14.2 Å². The van der Waals surface area contributed by atoms with E-state index in [1.165, 1.54) is 6.07 Å². The third kappa shape index (κ3) is 2.45. The zero-order valence-corrected chi connectivity index (χ0v) is 11.6. The third-order valence-electron chi connectivity index (χ3n) is 3.41. The van der Waals surface area contributed by atoms with Crippen LogP contribution in [0.3, 0.4) is 0 Å². The molecule has 0 atom stereocenters. The van der Waals surface area contributed by atoms with Crippen LogP contribution in [0.1, 0.15) is 16.8 Å². The number of fused-ring (bicyclic) bond motifs is 1. The first-order valence-electron chi connectivity index (χ1n) is 6.61. The van der Waals surface area contributed by atoms with Gasteiger partial charge in [-0.05, 0) is 30.7 Å². The highest BCUT2D eigenvalue weighted by Crippen LogP contribution is 2.11. The Bertz CT molecular complexity index is 866. The summed E-state index contributed by atoms with van der Waals surface area (Å²) in [7, 11) is 0. The summed E-state index contributed by atoms with van der Waals surface area (Å²) in [4.78, 5) is 12.4. The second-order valence-electron chi connectivity index (χ2n) is 4.98. The van der Waals surface area contributed by atoms with E-state index in [4.69, 9.17) is 5.73 Å². The summed E-state index contributed by atoms with van der Waals surface area (Å²) in [6.07, 6.45) is 3.41. The molecule has 3 aromatic rings. The van der Waals surface area contributed by atoms with Gasteiger partial charge < -0.3 is 10.3 Å². The number of nitrogens with two attached hydrogens (primary N) is 1. The van der Waals surface area contributed by atoms with Crippen LogP contribution < -0.4 is 11.3 Å². The number of rotatable bonds is 3. The van der Waals surface area contributed by atoms with E-state index in [0.717, 1.165) is 11.3 Å². The Morgan fingerprint density at radius 3 is 2.86 bits per heavy atom. The molecule has 0 bridgehead atoms. The highest BCUT2D eigenvalue weighted by molar-refractivity contribution is 5.45. The second-order valence-corrected chi connectivity index (χ2v) is 4.98. The molecular weight excluding hydrogens is 271 g/mol. The minimum atomic E-state index is -0.324. The van der Waals surface area contributed by atoms with E-state index in [1.807, 2.05) is 6.92 Å². The van der Waals surface area contributed by atoms with Crippen molar-refractivity contribution in [2.24, 2.45) is 5.73 Å². The van der Waals surface area contributed by atoms with Gasteiger partial charge in [-0.3, -0.25) is 4.79 Å². The lowest BCUT2D eigenvalue weighted by Gasteiger charge is -2.08. The zero-order chi connectivity index (χ0) is 15.0. The number of aryl methyl sites for hydroxylation is 1. The summed E-state index contributed by atoms with van der Waals surface area (Å²) in [5, 5.41) is 4.20. The molecule has 0 aliphatic rings. The molecule has 0 amide bonds. The highest BCUT2D eigenvalue weighted by Gasteiger charge is 2.07. The van der Waals surface area contributed by atoms with Crippen molar-refractivity contribution in [1.29, 1.82) is 0 Å². The molecule has 0 unspecified atom stereocenters. The monoisotopic (exact) mass is 286 g/mol. The molecule has 0 aliphatic heterocycles. The number of halogens is 1. The lowest BCUT2D eigenvalue weighted by molar-refractivity contribution is 0.608. The maximum atomic E-state index is 13.4. The standard InChI is InChI=1S/C15H15FN4O/c1-10-6-14-15(21)19(4-5-20(14)18-10)9-11-2-3-13(16)12(7-11)8-17/h2-7H,8-9,17H2,1H3. The van der Waals surface area contributed by atoms with Gasteiger partial charge in [0.15, 0.2) is 0 Å². The van der Waals surface area contributed by atoms with Gasteiger partial charge in [-0.25, -0.2) is 8.91 Å². The molecule has 1 aromatic carbocycles.